The molecule has 1 aromatic heterocycles. The van der Waals surface area contributed by atoms with E-state index in [1.54, 1.807) is 6.07 Å². The van der Waals surface area contributed by atoms with Crippen LogP contribution in [-0.4, -0.2) is 11.0 Å². The predicted octanol–water partition coefficient (Wildman–Crippen LogP) is 7.96. The number of pyridine rings is 1. The fourth-order valence-electron chi connectivity index (χ4n) is 4.91. The Labute approximate surface area is 243 Å². The van der Waals surface area contributed by atoms with Gasteiger partial charge in [-0.15, -0.1) is 0 Å². The SMILES string of the molecule is C[C@H](NC(c1ccc(-c2ccnc(F)c2)cc1)C(C)(C)C#N)[C@@H](Cc1ccc(I)cc1)c1cccc(C#N)c1. The Kier molecular flexibility index (Phi) is 9.12. The van der Waals surface area contributed by atoms with Crippen LogP contribution < -0.4 is 5.32 Å². The van der Waals surface area contributed by atoms with Gasteiger partial charge in [-0.05, 0) is 108 Å². The fraction of sp³-hybridized carbons (Fsp3) is 0.242. The summed E-state index contributed by atoms with van der Waals surface area (Å²) in [4.78, 5) is 3.64. The van der Waals surface area contributed by atoms with Gasteiger partial charge >= 0.3 is 0 Å². The summed E-state index contributed by atoms with van der Waals surface area (Å²) in [6.45, 7) is 6.02. The minimum atomic E-state index is -0.708. The van der Waals surface area contributed by atoms with Crippen molar-refractivity contribution in [2.24, 2.45) is 5.41 Å². The van der Waals surface area contributed by atoms with Crippen molar-refractivity contribution in [2.75, 3.05) is 0 Å². The maximum Gasteiger partial charge on any atom is 0.213 e. The van der Waals surface area contributed by atoms with Gasteiger partial charge in [-0.2, -0.15) is 14.9 Å². The van der Waals surface area contributed by atoms with Crippen LogP contribution in [0.4, 0.5) is 4.39 Å². The van der Waals surface area contributed by atoms with Gasteiger partial charge in [0.1, 0.15) is 0 Å². The summed E-state index contributed by atoms with van der Waals surface area (Å²) in [5.41, 5.74) is 4.82. The van der Waals surface area contributed by atoms with E-state index in [0.29, 0.717) is 5.56 Å². The van der Waals surface area contributed by atoms with Gasteiger partial charge in [0.05, 0.1) is 29.2 Å². The summed E-state index contributed by atoms with van der Waals surface area (Å²) in [6.07, 6.45) is 2.24. The molecule has 4 rings (SSSR count). The van der Waals surface area contributed by atoms with Crippen LogP contribution in [0, 0.1) is 37.6 Å². The van der Waals surface area contributed by atoms with Gasteiger partial charge in [-0.3, -0.25) is 0 Å². The van der Waals surface area contributed by atoms with Gasteiger partial charge in [0, 0.05) is 27.8 Å². The Morgan fingerprint density at radius 1 is 0.923 bits per heavy atom. The molecule has 0 saturated carbocycles. The second-order valence-electron chi connectivity index (χ2n) is 10.4. The summed E-state index contributed by atoms with van der Waals surface area (Å²) < 4.78 is 14.8. The topological polar surface area (TPSA) is 72.5 Å². The number of halogens is 2. The lowest BCUT2D eigenvalue weighted by Gasteiger charge is -2.36. The molecule has 4 aromatic rings. The molecule has 0 spiro atoms. The lowest BCUT2D eigenvalue weighted by atomic mass is 9.79. The monoisotopic (exact) mass is 628 g/mol. The molecule has 1 N–H and O–H groups in total. The van der Waals surface area contributed by atoms with Gasteiger partial charge in [0.25, 0.3) is 0 Å². The van der Waals surface area contributed by atoms with Crippen LogP contribution in [0.5, 0.6) is 0 Å². The minimum absolute atomic E-state index is 0.0233. The summed E-state index contributed by atoms with van der Waals surface area (Å²) in [6, 6.07) is 31.9. The molecule has 0 bridgehead atoms. The first-order valence-electron chi connectivity index (χ1n) is 12.8. The van der Waals surface area contributed by atoms with Crippen molar-refractivity contribution < 1.29 is 4.39 Å². The number of nitrogens with zero attached hydrogens (tertiary/aromatic N) is 3. The zero-order valence-corrected chi connectivity index (χ0v) is 24.4. The maximum absolute atomic E-state index is 13.7. The first-order valence-corrected chi connectivity index (χ1v) is 13.9. The highest BCUT2D eigenvalue weighted by molar-refractivity contribution is 14.1. The lowest BCUT2D eigenvalue weighted by Crippen LogP contribution is -2.42. The molecule has 3 aromatic carbocycles. The molecule has 0 fully saturated rings. The van der Waals surface area contributed by atoms with E-state index >= 15 is 0 Å². The van der Waals surface area contributed by atoms with Crippen LogP contribution in [-0.2, 0) is 6.42 Å². The Hall–Kier alpha value is -3.59. The van der Waals surface area contributed by atoms with Crippen molar-refractivity contribution in [3.8, 4) is 23.3 Å². The molecule has 1 unspecified atom stereocenters. The molecular formula is C33H30FIN4. The molecule has 39 heavy (non-hydrogen) atoms. The van der Waals surface area contributed by atoms with Crippen molar-refractivity contribution in [2.45, 2.75) is 45.2 Å². The molecular weight excluding hydrogens is 598 g/mol. The summed E-state index contributed by atoms with van der Waals surface area (Å²) in [7, 11) is 0. The molecule has 1 heterocycles. The largest absolute Gasteiger partial charge is 0.305 e. The second kappa shape index (κ2) is 12.5. The molecule has 0 saturated heterocycles. The minimum Gasteiger partial charge on any atom is -0.305 e. The van der Waals surface area contributed by atoms with Crippen molar-refractivity contribution >= 4 is 22.6 Å². The summed E-state index contributed by atoms with van der Waals surface area (Å²) >= 11 is 2.31. The number of nitrogens with one attached hydrogen (secondary N) is 1. The molecule has 0 aliphatic carbocycles. The van der Waals surface area contributed by atoms with E-state index in [1.165, 1.54) is 21.4 Å². The number of hydrogen-bond donors (Lipinski definition) is 1. The van der Waals surface area contributed by atoms with Gasteiger partial charge in [-0.25, -0.2) is 4.98 Å². The Morgan fingerprint density at radius 3 is 2.28 bits per heavy atom. The van der Waals surface area contributed by atoms with E-state index in [1.807, 2.05) is 56.3 Å². The van der Waals surface area contributed by atoms with Crippen LogP contribution in [0.25, 0.3) is 11.1 Å². The Bertz CT molecular complexity index is 1500. The smallest absolute Gasteiger partial charge is 0.213 e. The first-order chi connectivity index (χ1) is 18.7. The van der Waals surface area contributed by atoms with Gasteiger partial charge < -0.3 is 5.32 Å². The van der Waals surface area contributed by atoms with E-state index < -0.39 is 11.4 Å². The third-order valence-electron chi connectivity index (χ3n) is 7.16. The first kappa shape index (κ1) is 28.4. The molecule has 3 atom stereocenters. The molecule has 4 nitrogen and oxygen atoms in total. The van der Waals surface area contributed by atoms with Crippen LogP contribution in [0.15, 0.2) is 91.1 Å². The quantitative estimate of drug-likeness (QED) is 0.151. The normalized spacial score (nSPS) is 13.6. The van der Waals surface area contributed by atoms with Crippen LogP contribution in [0.1, 0.15) is 55.0 Å². The van der Waals surface area contributed by atoms with Crippen molar-refractivity contribution in [1.29, 1.82) is 10.5 Å². The van der Waals surface area contributed by atoms with E-state index in [-0.39, 0.29) is 18.0 Å². The molecule has 0 radical (unpaired) electrons. The zero-order chi connectivity index (χ0) is 28.0. The van der Waals surface area contributed by atoms with Gasteiger partial charge in [0.2, 0.25) is 5.95 Å². The number of nitriles is 2. The van der Waals surface area contributed by atoms with Crippen LogP contribution in [0.3, 0.4) is 0 Å². The fourth-order valence-corrected chi connectivity index (χ4v) is 5.27. The standard InChI is InChI=1S/C33H30FIN4/c1-22(30(18-23-7-13-29(35)14-8-23)28-6-4-5-24(17-28)20-36)39-32(33(2,3)21-37)26-11-9-25(10-12-26)27-15-16-38-31(34)19-27/h4-17,19,22,30,32,39H,18H2,1-3H3/t22-,30+,32?/m0/s1. The van der Waals surface area contributed by atoms with E-state index in [4.69, 9.17) is 0 Å². The molecule has 196 valence electrons. The number of rotatable bonds is 9. The van der Waals surface area contributed by atoms with Gasteiger partial charge in [-0.1, -0.05) is 48.5 Å². The highest BCUT2D eigenvalue weighted by Gasteiger charge is 2.34. The number of hydrogen-bond acceptors (Lipinski definition) is 4. The molecule has 0 aliphatic rings. The van der Waals surface area contributed by atoms with Gasteiger partial charge in [0.15, 0.2) is 0 Å². The Balaban J connectivity index is 1.67. The van der Waals surface area contributed by atoms with Crippen molar-refractivity contribution in [3.63, 3.8) is 0 Å². The Morgan fingerprint density at radius 2 is 1.64 bits per heavy atom. The lowest BCUT2D eigenvalue weighted by molar-refractivity contribution is 0.281. The highest BCUT2D eigenvalue weighted by atomic mass is 127. The van der Waals surface area contributed by atoms with Crippen molar-refractivity contribution in [1.82, 2.24) is 10.3 Å². The van der Waals surface area contributed by atoms with Crippen LogP contribution in [0.2, 0.25) is 0 Å². The van der Waals surface area contributed by atoms with Crippen LogP contribution >= 0.6 is 22.6 Å². The van der Waals surface area contributed by atoms with E-state index in [0.717, 1.165) is 28.7 Å². The average Bonchev–Trinajstić information content (AvgIpc) is 2.95. The summed E-state index contributed by atoms with van der Waals surface area (Å²) in [5, 5.41) is 23.4. The maximum atomic E-state index is 13.7. The van der Waals surface area contributed by atoms with Crippen molar-refractivity contribution in [3.05, 3.63) is 123 Å². The highest BCUT2D eigenvalue weighted by Crippen LogP contribution is 2.36. The summed E-state index contributed by atoms with van der Waals surface area (Å²) in [5.74, 6) is -0.454. The van der Waals surface area contributed by atoms with E-state index in [2.05, 4.69) is 82.3 Å². The third kappa shape index (κ3) is 7.09. The number of benzene rings is 3. The average molecular weight is 629 g/mol. The molecule has 6 heteroatoms. The predicted molar refractivity (Wildman–Crippen MR) is 161 cm³/mol. The zero-order valence-electron chi connectivity index (χ0n) is 22.2. The second-order valence-corrected chi connectivity index (χ2v) is 11.6. The van der Waals surface area contributed by atoms with E-state index in [9.17, 15) is 14.9 Å². The molecule has 0 aliphatic heterocycles. The number of aromatic nitrogens is 1. The molecule has 0 amide bonds. The third-order valence-corrected chi connectivity index (χ3v) is 7.88.